The molecular formula is C8H20N6O2. The first-order chi connectivity index (χ1) is 7.34. The van der Waals surface area contributed by atoms with Gasteiger partial charge in [-0.05, 0) is 18.8 Å². The second kappa shape index (κ2) is 6.85. The largest absolute Gasteiger partial charge is 0.350 e. The topological polar surface area (TPSA) is 145 Å². The van der Waals surface area contributed by atoms with Crippen molar-refractivity contribution in [2.75, 3.05) is 13.1 Å². The summed E-state index contributed by atoms with van der Waals surface area (Å²) in [6.07, 6.45) is 1.37. The molecule has 0 unspecified atom stereocenters. The second-order valence-corrected chi connectivity index (χ2v) is 3.75. The lowest BCUT2D eigenvalue weighted by atomic mass is 10.0. The van der Waals surface area contributed by atoms with E-state index < -0.39 is 12.1 Å². The van der Waals surface area contributed by atoms with Crippen molar-refractivity contribution >= 4 is 12.1 Å². The van der Waals surface area contributed by atoms with Crippen LogP contribution in [0.2, 0.25) is 0 Å². The summed E-state index contributed by atoms with van der Waals surface area (Å²) in [5.41, 5.74) is 9.91. The number of rotatable bonds is 6. The molecule has 0 atom stereocenters. The van der Waals surface area contributed by atoms with Gasteiger partial charge in [-0.3, -0.25) is 10.0 Å². The number of carbonyl (C=O) groups is 2. The summed E-state index contributed by atoms with van der Waals surface area (Å²) in [6, 6.07) is -1.32. The van der Waals surface area contributed by atoms with Gasteiger partial charge in [-0.2, -0.15) is 0 Å². The molecule has 0 aliphatic carbocycles. The maximum atomic E-state index is 10.6. The van der Waals surface area contributed by atoms with Gasteiger partial charge in [0.15, 0.2) is 0 Å². The molecule has 4 amide bonds. The summed E-state index contributed by atoms with van der Waals surface area (Å²) in [5, 5.41) is 1.90. The van der Waals surface area contributed by atoms with Crippen LogP contribution in [0.4, 0.5) is 9.59 Å². The molecule has 0 heterocycles. The number of hydrogen-bond donors (Lipinski definition) is 4. The Balaban J connectivity index is 3.70. The van der Waals surface area contributed by atoms with Gasteiger partial charge in [-0.15, -0.1) is 0 Å². The average Bonchev–Trinajstić information content (AvgIpc) is 2.21. The Morgan fingerprint density at radius 2 is 1.31 bits per heavy atom. The fourth-order valence-electron chi connectivity index (χ4n) is 1.08. The van der Waals surface area contributed by atoms with Crippen molar-refractivity contribution in [2.24, 2.45) is 29.1 Å². The van der Waals surface area contributed by atoms with E-state index in [9.17, 15) is 9.59 Å². The van der Waals surface area contributed by atoms with Crippen LogP contribution in [0.25, 0.3) is 0 Å². The molecule has 0 fully saturated rings. The van der Waals surface area contributed by atoms with Crippen molar-refractivity contribution in [1.82, 2.24) is 10.0 Å². The van der Waals surface area contributed by atoms with E-state index in [1.165, 1.54) is 0 Å². The van der Waals surface area contributed by atoms with Gasteiger partial charge in [0.25, 0.3) is 0 Å². The SMILES string of the molecule is CC(CCN(N)C(N)=O)CCN(N)C(N)=O. The molecule has 0 aromatic rings. The molecule has 16 heavy (non-hydrogen) atoms. The molecule has 0 bridgehead atoms. The van der Waals surface area contributed by atoms with Crippen molar-refractivity contribution in [3.05, 3.63) is 0 Å². The summed E-state index contributed by atoms with van der Waals surface area (Å²) in [4.78, 5) is 21.2. The normalized spacial score (nSPS) is 10.2. The van der Waals surface area contributed by atoms with Gasteiger partial charge in [0, 0.05) is 13.1 Å². The lowest BCUT2D eigenvalue weighted by Crippen LogP contribution is -2.43. The smallest absolute Gasteiger partial charge is 0.328 e. The van der Waals surface area contributed by atoms with Gasteiger partial charge in [0.1, 0.15) is 0 Å². The molecule has 0 spiro atoms. The Kier molecular flexibility index (Phi) is 6.19. The third-order valence-corrected chi connectivity index (χ3v) is 2.29. The molecule has 8 N–H and O–H groups in total. The minimum Gasteiger partial charge on any atom is -0.350 e. The molecular weight excluding hydrogens is 212 g/mol. The lowest BCUT2D eigenvalue weighted by Gasteiger charge is -2.19. The summed E-state index contributed by atoms with van der Waals surface area (Å²) >= 11 is 0. The second-order valence-electron chi connectivity index (χ2n) is 3.75. The van der Waals surface area contributed by atoms with E-state index in [1.54, 1.807) is 0 Å². The average molecular weight is 232 g/mol. The third-order valence-electron chi connectivity index (χ3n) is 2.29. The van der Waals surface area contributed by atoms with E-state index >= 15 is 0 Å². The predicted octanol–water partition coefficient (Wildman–Crippen LogP) is -1.09. The molecule has 0 aromatic carbocycles. The number of amides is 4. The molecule has 0 saturated heterocycles. The highest BCUT2D eigenvalue weighted by molar-refractivity contribution is 5.71. The van der Waals surface area contributed by atoms with Gasteiger partial charge in [-0.1, -0.05) is 6.92 Å². The highest BCUT2D eigenvalue weighted by Gasteiger charge is 2.10. The molecule has 0 rings (SSSR count). The molecule has 8 heteroatoms. The van der Waals surface area contributed by atoms with Crippen LogP contribution in [0.5, 0.6) is 0 Å². The third kappa shape index (κ3) is 6.04. The molecule has 94 valence electrons. The van der Waals surface area contributed by atoms with Gasteiger partial charge in [0.05, 0.1) is 0 Å². The molecule has 0 aliphatic rings. The van der Waals surface area contributed by atoms with Crippen molar-refractivity contribution in [2.45, 2.75) is 19.8 Å². The number of carbonyl (C=O) groups excluding carboxylic acids is 2. The van der Waals surface area contributed by atoms with Crippen molar-refractivity contribution < 1.29 is 9.59 Å². The van der Waals surface area contributed by atoms with E-state index in [-0.39, 0.29) is 5.92 Å². The standard InChI is InChI=1S/C8H20N6O2/c1-6(2-4-13(11)7(9)15)3-5-14(12)8(10)16/h6H,2-5,11-12H2,1H3,(H2,9,15)(H2,10,16). The predicted molar refractivity (Wildman–Crippen MR) is 59.4 cm³/mol. The van der Waals surface area contributed by atoms with Crippen LogP contribution < -0.4 is 23.2 Å². The lowest BCUT2D eigenvalue weighted by molar-refractivity contribution is 0.198. The Bertz CT molecular complexity index is 223. The Morgan fingerprint density at radius 3 is 1.56 bits per heavy atom. The Labute approximate surface area is 94.4 Å². The van der Waals surface area contributed by atoms with Crippen LogP contribution in [-0.4, -0.2) is 35.2 Å². The fourth-order valence-corrected chi connectivity index (χ4v) is 1.08. The minimum absolute atomic E-state index is 0.260. The first-order valence-corrected chi connectivity index (χ1v) is 4.98. The van der Waals surface area contributed by atoms with Crippen LogP contribution in [0.15, 0.2) is 0 Å². The quantitative estimate of drug-likeness (QED) is 0.262. The molecule has 0 aliphatic heterocycles. The summed E-state index contributed by atoms with van der Waals surface area (Å²) < 4.78 is 0. The number of primary amides is 2. The number of nitrogens with zero attached hydrogens (tertiary/aromatic N) is 2. The van der Waals surface area contributed by atoms with E-state index in [2.05, 4.69) is 0 Å². The summed E-state index contributed by atoms with van der Waals surface area (Å²) in [5.74, 6) is 10.9. The summed E-state index contributed by atoms with van der Waals surface area (Å²) in [6.45, 7) is 2.71. The zero-order chi connectivity index (χ0) is 12.7. The first kappa shape index (κ1) is 14.5. The molecule has 0 saturated carbocycles. The van der Waals surface area contributed by atoms with Crippen LogP contribution in [0.1, 0.15) is 19.8 Å². The van der Waals surface area contributed by atoms with E-state index in [0.29, 0.717) is 25.9 Å². The van der Waals surface area contributed by atoms with Crippen LogP contribution >= 0.6 is 0 Å². The number of hydrogen-bond acceptors (Lipinski definition) is 4. The maximum Gasteiger partial charge on any atom is 0.328 e. The maximum absolute atomic E-state index is 10.6. The van der Waals surface area contributed by atoms with E-state index in [0.717, 1.165) is 10.0 Å². The van der Waals surface area contributed by atoms with Gasteiger partial charge in [-0.25, -0.2) is 21.3 Å². The Hall–Kier alpha value is -1.54. The molecule has 0 aromatic heterocycles. The Morgan fingerprint density at radius 1 is 1.00 bits per heavy atom. The fraction of sp³-hybridized carbons (Fsp3) is 0.750. The van der Waals surface area contributed by atoms with Crippen LogP contribution in [0, 0.1) is 5.92 Å². The zero-order valence-electron chi connectivity index (χ0n) is 9.43. The number of hydrazine groups is 2. The van der Waals surface area contributed by atoms with E-state index in [1.807, 2.05) is 6.92 Å². The van der Waals surface area contributed by atoms with Gasteiger partial charge >= 0.3 is 12.1 Å². The van der Waals surface area contributed by atoms with Gasteiger partial charge in [0.2, 0.25) is 0 Å². The number of urea groups is 2. The van der Waals surface area contributed by atoms with Crippen molar-refractivity contribution in [3.63, 3.8) is 0 Å². The van der Waals surface area contributed by atoms with E-state index in [4.69, 9.17) is 23.2 Å². The van der Waals surface area contributed by atoms with Crippen molar-refractivity contribution in [3.8, 4) is 0 Å². The highest BCUT2D eigenvalue weighted by Crippen LogP contribution is 2.07. The molecule has 8 nitrogen and oxygen atoms in total. The monoisotopic (exact) mass is 232 g/mol. The summed E-state index contributed by atoms with van der Waals surface area (Å²) in [7, 11) is 0. The number of nitrogens with two attached hydrogens (primary N) is 4. The van der Waals surface area contributed by atoms with Crippen LogP contribution in [0.3, 0.4) is 0 Å². The minimum atomic E-state index is -0.662. The van der Waals surface area contributed by atoms with Crippen molar-refractivity contribution in [1.29, 1.82) is 0 Å². The first-order valence-electron chi connectivity index (χ1n) is 4.98. The van der Waals surface area contributed by atoms with Gasteiger partial charge < -0.3 is 11.5 Å². The van der Waals surface area contributed by atoms with Crippen LogP contribution in [-0.2, 0) is 0 Å². The zero-order valence-corrected chi connectivity index (χ0v) is 9.43. The molecule has 0 radical (unpaired) electrons. The highest BCUT2D eigenvalue weighted by atomic mass is 16.2.